The molecule has 1 saturated heterocycles. The third-order valence-electron chi connectivity index (χ3n) is 2.25. The van der Waals surface area contributed by atoms with Gasteiger partial charge in [0.05, 0.1) is 12.6 Å². The Morgan fingerprint density at radius 3 is 2.36 bits per heavy atom. The van der Waals surface area contributed by atoms with Gasteiger partial charge in [0, 0.05) is 6.67 Å². The Bertz CT molecular complexity index is 181. The van der Waals surface area contributed by atoms with Gasteiger partial charge in [-0.3, -0.25) is 5.32 Å². The first-order chi connectivity index (χ1) is 6.61. The molecule has 0 aromatic heterocycles. The lowest BCUT2D eigenvalue weighted by Gasteiger charge is -2.40. The van der Waals surface area contributed by atoms with Crippen molar-refractivity contribution in [2.24, 2.45) is 5.73 Å². The highest BCUT2D eigenvalue weighted by Gasteiger charge is 2.42. The van der Waals surface area contributed by atoms with Crippen molar-refractivity contribution in [3.05, 3.63) is 0 Å². The standard InChI is InChI=1S/C7H16N2O5/c8-2-9-4-6(12)5(11)3(1-10)14-7(4)13/h3-7,9-13H,1-2,8H2/t3-,4+,5+,6-,7?/m1/s1. The van der Waals surface area contributed by atoms with Crippen molar-refractivity contribution >= 4 is 0 Å². The summed E-state index contributed by atoms with van der Waals surface area (Å²) in [7, 11) is 0. The van der Waals surface area contributed by atoms with Crippen LogP contribution in [0.2, 0.25) is 0 Å². The van der Waals surface area contributed by atoms with Crippen LogP contribution in [-0.4, -0.2) is 64.3 Å². The monoisotopic (exact) mass is 208 g/mol. The molecule has 1 aliphatic heterocycles. The molecule has 84 valence electrons. The Labute approximate surface area is 81.1 Å². The number of ether oxygens (including phenoxy) is 1. The maximum atomic E-state index is 9.52. The minimum atomic E-state index is -1.30. The molecule has 14 heavy (non-hydrogen) atoms. The van der Waals surface area contributed by atoms with Gasteiger partial charge in [-0.05, 0) is 0 Å². The molecule has 7 heteroatoms. The average Bonchev–Trinajstić information content (AvgIpc) is 2.18. The van der Waals surface area contributed by atoms with Crippen LogP contribution in [0, 0.1) is 0 Å². The zero-order chi connectivity index (χ0) is 10.7. The summed E-state index contributed by atoms with van der Waals surface area (Å²) in [6.45, 7) is -0.427. The van der Waals surface area contributed by atoms with Crippen molar-refractivity contribution in [2.75, 3.05) is 13.3 Å². The lowest BCUT2D eigenvalue weighted by molar-refractivity contribution is -0.254. The number of nitrogens with two attached hydrogens (primary N) is 1. The molecule has 1 rings (SSSR count). The maximum absolute atomic E-state index is 9.52. The fourth-order valence-electron chi connectivity index (χ4n) is 1.45. The van der Waals surface area contributed by atoms with E-state index in [2.05, 4.69) is 5.32 Å². The minimum absolute atomic E-state index is 0.0403. The Kier molecular flexibility index (Phi) is 4.20. The first-order valence-electron chi connectivity index (χ1n) is 4.35. The van der Waals surface area contributed by atoms with Crippen LogP contribution in [0.15, 0.2) is 0 Å². The molecular weight excluding hydrogens is 192 g/mol. The van der Waals surface area contributed by atoms with Gasteiger partial charge in [-0.25, -0.2) is 0 Å². The molecule has 0 aromatic carbocycles. The molecule has 1 unspecified atom stereocenters. The van der Waals surface area contributed by atoms with Gasteiger partial charge in [0.2, 0.25) is 0 Å². The zero-order valence-electron chi connectivity index (χ0n) is 7.58. The number of nitrogens with one attached hydrogen (secondary N) is 1. The molecule has 0 aromatic rings. The molecule has 0 amide bonds. The predicted octanol–water partition coefficient (Wildman–Crippen LogP) is -3.71. The molecule has 7 N–H and O–H groups in total. The summed E-state index contributed by atoms with van der Waals surface area (Å²) in [5.41, 5.74) is 5.18. The van der Waals surface area contributed by atoms with Gasteiger partial charge in [-0.2, -0.15) is 0 Å². The van der Waals surface area contributed by atoms with Gasteiger partial charge in [-0.15, -0.1) is 0 Å². The molecule has 0 aliphatic carbocycles. The van der Waals surface area contributed by atoms with E-state index in [4.69, 9.17) is 15.6 Å². The topological polar surface area (TPSA) is 128 Å². The van der Waals surface area contributed by atoms with Crippen molar-refractivity contribution in [1.82, 2.24) is 5.32 Å². The Morgan fingerprint density at radius 1 is 1.21 bits per heavy atom. The summed E-state index contributed by atoms with van der Waals surface area (Å²) in [4.78, 5) is 0. The molecule has 1 fully saturated rings. The van der Waals surface area contributed by atoms with Crippen LogP contribution in [0.3, 0.4) is 0 Å². The Morgan fingerprint density at radius 2 is 1.86 bits per heavy atom. The van der Waals surface area contributed by atoms with Gasteiger partial charge in [0.1, 0.15) is 18.3 Å². The van der Waals surface area contributed by atoms with Crippen LogP contribution in [0.4, 0.5) is 0 Å². The fraction of sp³-hybridized carbons (Fsp3) is 1.00. The van der Waals surface area contributed by atoms with E-state index in [-0.39, 0.29) is 6.67 Å². The third kappa shape index (κ3) is 2.20. The minimum Gasteiger partial charge on any atom is -0.394 e. The van der Waals surface area contributed by atoms with E-state index < -0.39 is 37.3 Å². The fourth-order valence-corrected chi connectivity index (χ4v) is 1.45. The van der Waals surface area contributed by atoms with Crippen molar-refractivity contribution < 1.29 is 25.2 Å². The van der Waals surface area contributed by atoms with E-state index >= 15 is 0 Å². The maximum Gasteiger partial charge on any atom is 0.173 e. The first kappa shape index (κ1) is 11.8. The molecule has 1 heterocycles. The SMILES string of the molecule is NCN[C@@H]1C(O)O[C@H](CO)[C@H](O)[C@@H]1O. The van der Waals surface area contributed by atoms with Crippen molar-refractivity contribution in [3.63, 3.8) is 0 Å². The van der Waals surface area contributed by atoms with E-state index in [0.29, 0.717) is 0 Å². The molecule has 0 spiro atoms. The molecule has 0 radical (unpaired) electrons. The smallest absolute Gasteiger partial charge is 0.173 e. The third-order valence-corrected chi connectivity index (χ3v) is 2.25. The normalized spacial score (nSPS) is 43.9. The van der Waals surface area contributed by atoms with Crippen LogP contribution < -0.4 is 11.1 Å². The van der Waals surface area contributed by atoms with Crippen molar-refractivity contribution in [1.29, 1.82) is 0 Å². The van der Waals surface area contributed by atoms with Gasteiger partial charge >= 0.3 is 0 Å². The summed E-state index contributed by atoms with van der Waals surface area (Å²) in [5, 5.41) is 39.6. The highest BCUT2D eigenvalue weighted by molar-refractivity contribution is 4.92. The van der Waals surface area contributed by atoms with Crippen LogP contribution in [0.5, 0.6) is 0 Å². The van der Waals surface area contributed by atoms with Crippen molar-refractivity contribution in [2.45, 2.75) is 30.6 Å². The van der Waals surface area contributed by atoms with E-state index in [0.717, 1.165) is 0 Å². The van der Waals surface area contributed by atoms with Gasteiger partial charge < -0.3 is 30.9 Å². The lowest BCUT2D eigenvalue weighted by atomic mass is 9.97. The van der Waals surface area contributed by atoms with Crippen LogP contribution in [0.1, 0.15) is 0 Å². The largest absolute Gasteiger partial charge is 0.394 e. The first-order valence-corrected chi connectivity index (χ1v) is 4.35. The summed E-state index contributed by atoms with van der Waals surface area (Å²) in [6.07, 6.45) is -4.74. The quantitative estimate of drug-likeness (QED) is 0.263. The second-order valence-electron chi connectivity index (χ2n) is 3.16. The van der Waals surface area contributed by atoms with Crippen LogP contribution in [-0.2, 0) is 4.74 Å². The molecule has 0 saturated carbocycles. The summed E-state index contributed by atoms with van der Waals surface area (Å²) in [6, 6.07) is -0.849. The second kappa shape index (κ2) is 4.99. The van der Waals surface area contributed by atoms with Gasteiger partial charge in [0.15, 0.2) is 6.29 Å². The predicted molar refractivity (Wildman–Crippen MR) is 46.0 cm³/mol. The second-order valence-corrected chi connectivity index (χ2v) is 3.16. The summed E-state index contributed by atoms with van der Waals surface area (Å²) in [5.74, 6) is 0. The molecule has 1 aliphatic rings. The molecule has 0 bridgehead atoms. The highest BCUT2D eigenvalue weighted by Crippen LogP contribution is 2.19. The lowest BCUT2D eigenvalue weighted by Crippen LogP contribution is -2.63. The Balaban J connectivity index is 2.63. The molecular formula is C7H16N2O5. The van der Waals surface area contributed by atoms with E-state index in [1.165, 1.54) is 0 Å². The number of rotatable bonds is 3. The number of aliphatic hydroxyl groups is 4. The average molecular weight is 208 g/mol. The van der Waals surface area contributed by atoms with E-state index in [1.807, 2.05) is 0 Å². The summed E-state index contributed by atoms with van der Waals surface area (Å²) < 4.78 is 4.86. The molecule has 7 nitrogen and oxygen atoms in total. The number of hydrogen-bond donors (Lipinski definition) is 6. The highest BCUT2D eigenvalue weighted by atomic mass is 16.6. The number of aliphatic hydroxyl groups excluding tert-OH is 4. The Hall–Kier alpha value is -0.280. The van der Waals surface area contributed by atoms with Crippen LogP contribution in [0.25, 0.3) is 0 Å². The van der Waals surface area contributed by atoms with Gasteiger partial charge in [0.25, 0.3) is 0 Å². The van der Waals surface area contributed by atoms with Crippen LogP contribution >= 0.6 is 0 Å². The van der Waals surface area contributed by atoms with E-state index in [9.17, 15) is 15.3 Å². The van der Waals surface area contributed by atoms with Crippen molar-refractivity contribution in [3.8, 4) is 0 Å². The van der Waals surface area contributed by atoms with Gasteiger partial charge in [-0.1, -0.05) is 0 Å². The molecule has 5 atom stereocenters. The number of hydrogen-bond acceptors (Lipinski definition) is 7. The summed E-state index contributed by atoms with van der Waals surface area (Å²) >= 11 is 0. The van der Waals surface area contributed by atoms with E-state index in [1.54, 1.807) is 0 Å². The zero-order valence-corrected chi connectivity index (χ0v) is 7.58.